The zero-order valence-corrected chi connectivity index (χ0v) is 15.7. The summed E-state index contributed by atoms with van der Waals surface area (Å²) in [5, 5.41) is 0.205. The van der Waals surface area contributed by atoms with Crippen molar-refractivity contribution in [3.8, 4) is 0 Å². The van der Waals surface area contributed by atoms with E-state index in [9.17, 15) is 18.0 Å². The highest BCUT2D eigenvalue weighted by atomic mass is 32.2. The standard InChI is InChI=1S/C16H23N3O5S/c1-9(2)8-24-11(4)12-7-13-14(6-10(12)3)17-16(21)19(15(13)20)18-25(5,22)23/h6-7,9,11,18H,8H2,1-5H3,(H,17,21). The van der Waals surface area contributed by atoms with Crippen LogP contribution >= 0.6 is 0 Å². The highest BCUT2D eigenvalue weighted by Crippen LogP contribution is 2.24. The second-order valence-corrected chi connectivity index (χ2v) is 8.28. The molecule has 0 bridgehead atoms. The predicted molar refractivity (Wildman–Crippen MR) is 97.0 cm³/mol. The molecule has 2 N–H and O–H groups in total. The molecule has 2 rings (SSSR count). The summed E-state index contributed by atoms with van der Waals surface area (Å²) in [6.45, 7) is 8.41. The molecule has 0 amide bonds. The van der Waals surface area contributed by atoms with E-state index < -0.39 is 21.3 Å². The van der Waals surface area contributed by atoms with Crippen molar-refractivity contribution < 1.29 is 13.2 Å². The second-order valence-electron chi connectivity index (χ2n) is 6.56. The van der Waals surface area contributed by atoms with Gasteiger partial charge in [0.2, 0.25) is 10.0 Å². The first-order chi connectivity index (χ1) is 11.5. The molecule has 0 saturated carbocycles. The van der Waals surface area contributed by atoms with Gasteiger partial charge in [-0.05, 0) is 43.0 Å². The molecule has 2 aromatic rings. The van der Waals surface area contributed by atoms with Crippen LogP contribution in [0.25, 0.3) is 10.9 Å². The Morgan fingerprint density at radius 2 is 1.88 bits per heavy atom. The number of nitrogens with one attached hydrogen (secondary N) is 2. The van der Waals surface area contributed by atoms with E-state index in [1.807, 2.05) is 32.5 Å². The van der Waals surface area contributed by atoms with Gasteiger partial charge in [0, 0.05) is 6.61 Å². The lowest BCUT2D eigenvalue weighted by atomic mass is 10.0. The first-order valence-electron chi connectivity index (χ1n) is 7.88. The molecule has 8 nitrogen and oxygen atoms in total. The number of rotatable bonds is 6. The number of sulfonamides is 1. The van der Waals surface area contributed by atoms with Crippen LogP contribution in [0, 0.1) is 12.8 Å². The largest absolute Gasteiger partial charge is 0.374 e. The predicted octanol–water partition coefficient (Wildman–Crippen LogP) is 1.23. The smallest absolute Gasteiger partial charge is 0.348 e. The van der Waals surface area contributed by atoms with E-state index in [1.165, 1.54) is 0 Å². The maximum Gasteiger partial charge on any atom is 0.348 e. The summed E-state index contributed by atoms with van der Waals surface area (Å²) in [4.78, 5) is 29.0. The third-order valence-corrected chi connectivity index (χ3v) is 4.17. The van der Waals surface area contributed by atoms with Crippen LogP contribution in [-0.2, 0) is 14.8 Å². The van der Waals surface area contributed by atoms with Crippen molar-refractivity contribution in [1.29, 1.82) is 0 Å². The number of hydrogen-bond donors (Lipinski definition) is 2. The van der Waals surface area contributed by atoms with Crippen molar-refractivity contribution in [3.05, 3.63) is 44.1 Å². The maximum absolute atomic E-state index is 12.6. The Balaban J connectivity index is 2.60. The van der Waals surface area contributed by atoms with Gasteiger partial charge in [-0.3, -0.25) is 4.79 Å². The van der Waals surface area contributed by atoms with E-state index >= 15 is 0 Å². The molecule has 138 valence electrons. The minimum atomic E-state index is -3.78. The Kier molecular flexibility index (Phi) is 5.38. The summed E-state index contributed by atoms with van der Waals surface area (Å²) in [5.41, 5.74) is 0.440. The third-order valence-electron chi connectivity index (χ3n) is 3.66. The van der Waals surface area contributed by atoms with Crippen LogP contribution < -0.4 is 16.1 Å². The topological polar surface area (TPSA) is 110 Å². The number of aryl methyl sites for hydroxylation is 1. The molecule has 0 aliphatic heterocycles. The number of benzene rings is 1. The molecule has 0 saturated heterocycles. The Bertz CT molecular complexity index is 1000. The molecular weight excluding hydrogens is 346 g/mol. The quantitative estimate of drug-likeness (QED) is 0.796. The highest BCUT2D eigenvalue weighted by molar-refractivity contribution is 7.91. The summed E-state index contributed by atoms with van der Waals surface area (Å²) in [7, 11) is -3.78. The van der Waals surface area contributed by atoms with E-state index in [0.29, 0.717) is 22.7 Å². The van der Waals surface area contributed by atoms with Crippen LogP contribution in [-0.4, -0.2) is 30.9 Å². The summed E-state index contributed by atoms with van der Waals surface area (Å²) in [5.74, 6) is 0.371. The first-order valence-corrected chi connectivity index (χ1v) is 9.77. The Morgan fingerprint density at radius 1 is 1.24 bits per heavy atom. The number of ether oxygens (including phenoxy) is 1. The molecule has 0 radical (unpaired) electrons. The van der Waals surface area contributed by atoms with Gasteiger partial charge in [0.1, 0.15) is 0 Å². The van der Waals surface area contributed by atoms with Crippen LogP contribution in [0.5, 0.6) is 0 Å². The molecule has 1 aromatic heterocycles. The van der Waals surface area contributed by atoms with Crippen molar-refractivity contribution in [3.63, 3.8) is 0 Å². The molecular formula is C16H23N3O5S. The van der Waals surface area contributed by atoms with Crippen LogP contribution in [0.3, 0.4) is 0 Å². The summed E-state index contributed by atoms with van der Waals surface area (Å²) < 4.78 is 29.0. The van der Waals surface area contributed by atoms with Crippen molar-refractivity contribution in [2.75, 3.05) is 17.7 Å². The molecule has 25 heavy (non-hydrogen) atoms. The number of nitrogens with zero attached hydrogens (tertiary/aromatic N) is 1. The van der Waals surface area contributed by atoms with E-state index in [4.69, 9.17) is 4.74 Å². The zero-order valence-electron chi connectivity index (χ0n) is 14.9. The molecule has 0 spiro atoms. The van der Waals surface area contributed by atoms with Crippen molar-refractivity contribution in [2.45, 2.75) is 33.8 Å². The first kappa shape index (κ1) is 19.2. The zero-order chi connectivity index (χ0) is 18.9. The van der Waals surface area contributed by atoms with Gasteiger partial charge in [-0.25, -0.2) is 18.0 Å². The van der Waals surface area contributed by atoms with E-state index in [2.05, 4.69) is 4.98 Å². The van der Waals surface area contributed by atoms with E-state index in [0.717, 1.165) is 17.4 Å². The van der Waals surface area contributed by atoms with Crippen molar-refractivity contribution in [1.82, 2.24) is 9.66 Å². The van der Waals surface area contributed by atoms with Crippen LogP contribution in [0.4, 0.5) is 0 Å². The summed E-state index contributed by atoms with van der Waals surface area (Å²) in [6.07, 6.45) is 0.625. The number of aromatic amines is 1. The van der Waals surface area contributed by atoms with Gasteiger partial charge in [0.15, 0.2) is 0 Å². The fourth-order valence-corrected chi connectivity index (χ4v) is 3.00. The van der Waals surface area contributed by atoms with Crippen molar-refractivity contribution in [2.24, 2.45) is 5.92 Å². The number of fused-ring (bicyclic) bond motifs is 1. The van der Waals surface area contributed by atoms with Crippen molar-refractivity contribution >= 4 is 20.9 Å². The summed E-state index contributed by atoms with van der Waals surface area (Å²) >= 11 is 0. The monoisotopic (exact) mass is 369 g/mol. The van der Waals surface area contributed by atoms with E-state index in [-0.39, 0.29) is 11.5 Å². The number of H-pyrrole nitrogens is 1. The van der Waals surface area contributed by atoms with E-state index in [1.54, 1.807) is 12.1 Å². The number of hydrogen-bond acceptors (Lipinski definition) is 5. The third kappa shape index (κ3) is 4.49. The normalized spacial score (nSPS) is 13.4. The molecule has 0 fully saturated rings. The molecule has 9 heteroatoms. The molecule has 0 aliphatic rings. The SMILES string of the molecule is Cc1cc2[nH]c(=O)n(NS(C)(=O)=O)c(=O)c2cc1C(C)OCC(C)C. The van der Waals surface area contributed by atoms with Crippen LogP contribution in [0.2, 0.25) is 0 Å². The van der Waals surface area contributed by atoms with Gasteiger partial charge in [0.05, 0.1) is 23.3 Å². The van der Waals surface area contributed by atoms with Gasteiger partial charge in [0.25, 0.3) is 5.56 Å². The lowest BCUT2D eigenvalue weighted by Crippen LogP contribution is -2.43. The average Bonchev–Trinajstić information content (AvgIpc) is 2.47. The van der Waals surface area contributed by atoms with Gasteiger partial charge in [-0.15, -0.1) is 0 Å². The highest BCUT2D eigenvalue weighted by Gasteiger charge is 2.16. The van der Waals surface area contributed by atoms with Gasteiger partial charge in [-0.1, -0.05) is 13.8 Å². The Labute approximate surface area is 145 Å². The maximum atomic E-state index is 12.6. The fourth-order valence-electron chi connectivity index (χ4n) is 2.50. The van der Waals surface area contributed by atoms with Gasteiger partial charge in [-0.2, -0.15) is 4.68 Å². The minimum Gasteiger partial charge on any atom is -0.374 e. The lowest BCUT2D eigenvalue weighted by Gasteiger charge is -2.18. The summed E-state index contributed by atoms with van der Waals surface area (Å²) in [6, 6.07) is 3.32. The van der Waals surface area contributed by atoms with Crippen LogP contribution in [0.1, 0.15) is 38.0 Å². The Morgan fingerprint density at radius 3 is 2.44 bits per heavy atom. The van der Waals surface area contributed by atoms with Gasteiger partial charge >= 0.3 is 5.69 Å². The molecule has 1 aromatic carbocycles. The fraction of sp³-hybridized carbons (Fsp3) is 0.500. The molecule has 1 atom stereocenters. The molecule has 1 unspecified atom stereocenters. The van der Waals surface area contributed by atoms with Gasteiger partial charge < -0.3 is 9.72 Å². The average molecular weight is 369 g/mol. The number of aromatic nitrogens is 2. The molecule has 1 heterocycles. The Hall–Kier alpha value is -2.13. The minimum absolute atomic E-state index is 0.205. The lowest BCUT2D eigenvalue weighted by molar-refractivity contribution is 0.0467. The van der Waals surface area contributed by atoms with Crippen LogP contribution in [0.15, 0.2) is 21.7 Å². The molecule has 0 aliphatic carbocycles. The second kappa shape index (κ2) is 7.01.